The molecule has 0 aliphatic heterocycles. The Kier molecular flexibility index (Phi) is 2.55. The first-order valence-corrected chi connectivity index (χ1v) is 4.94. The lowest BCUT2D eigenvalue weighted by Crippen LogP contribution is -2.09. The van der Waals surface area contributed by atoms with Gasteiger partial charge in [-0.15, -0.1) is 5.10 Å². The van der Waals surface area contributed by atoms with Gasteiger partial charge < -0.3 is 5.73 Å². The molecule has 0 spiro atoms. The molecule has 5 nitrogen and oxygen atoms in total. The zero-order valence-electron chi connectivity index (χ0n) is 9.05. The summed E-state index contributed by atoms with van der Waals surface area (Å²) in [6, 6.07) is 4.50. The third-order valence-corrected chi connectivity index (χ3v) is 2.24. The first-order valence-electron chi connectivity index (χ1n) is 4.94. The maximum Gasteiger partial charge on any atom is 0.159 e. The van der Waals surface area contributed by atoms with E-state index >= 15 is 0 Å². The van der Waals surface area contributed by atoms with Crippen molar-refractivity contribution in [2.75, 3.05) is 5.73 Å². The number of para-hydroxylation sites is 1. The molecule has 16 heavy (non-hydrogen) atoms. The van der Waals surface area contributed by atoms with Crippen molar-refractivity contribution in [1.82, 2.24) is 20.2 Å². The summed E-state index contributed by atoms with van der Waals surface area (Å²) in [6.07, 6.45) is 0. The lowest BCUT2D eigenvalue weighted by atomic mass is 10.2. The highest BCUT2D eigenvalue weighted by Gasteiger charge is 2.16. The van der Waals surface area contributed by atoms with Crippen molar-refractivity contribution >= 4 is 5.69 Å². The van der Waals surface area contributed by atoms with E-state index in [1.807, 2.05) is 13.8 Å². The van der Waals surface area contributed by atoms with Crippen LogP contribution in [0.5, 0.6) is 0 Å². The number of hydrogen-bond donors (Lipinski definition) is 1. The van der Waals surface area contributed by atoms with E-state index in [1.54, 1.807) is 12.1 Å². The van der Waals surface area contributed by atoms with E-state index in [2.05, 4.69) is 15.5 Å². The molecular formula is C10H12FN5. The van der Waals surface area contributed by atoms with Crippen molar-refractivity contribution in [2.45, 2.75) is 19.8 Å². The van der Waals surface area contributed by atoms with Gasteiger partial charge in [-0.3, -0.25) is 0 Å². The minimum absolute atomic E-state index is 0.0917. The summed E-state index contributed by atoms with van der Waals surface area (Å²) < 4.78 is 15.0. The van der Waals surface area contributed by atoms with Crippen molar-refractivity contribution in [3.05, 3.63) is 29.8 Å². The number of tetrazole rings is 1. The van der Waals surface area contributed by atoms with Crippen molar-refractivity contribution < 1.29 is 4.39 Å². The molecule has 0 radical (unpaired) electrons. The minimum atomic E-state index is -0.436. The van der Waals surface area contributed by atoms with Crippen LogP contribution < -0.4 is 5.73 Å². The van der Waals surface area contributed by atoms with Crippen molar-refractivity contribution in [2.24, 2.45) is 0 Å². The lowest BCUT2D eigenvalue weighted by molar-refractivity contribution is 0.599. The molecule has 0 atom stereocenters. The second-order valence-electron chi connectivity index (χ2n) is 3.78. The van der Waals surface area contributed by atoms with Crippen LogP contribution in [-0.2, 0) is 0 Å². The van der Waals surface area contributed by atoms with Crippen LogP contribution in [0.1, 0.15) is 25.6 Å². The lowest BCUT2D eigenvalue weighted by Gasteiger charge is -2.09. The van der Waals surface area contributed by atoms with Gasteiger partial charge in [0, 0.05) is 5.92 Å². The molecule has 2 aromatic rings. The highest BCUT2D eigenvalue weighted by molar-refractivity contribution is 5.58. The van der Waals surface area contributed by atoms with Crippen LogP contribution in [0.4, 0.5) is 10.1 Å². The average molecular weight is 221 g/mol. The number of aromatic nitrogens is 4. The van der Waals surface area contributed by atoms with E-state index in [0.717, 1.165) is 0 Å². The Balaban J connectivity index is 2.63. The van der Waals surface area contributed by atoms with E-state index < -0.39 is 5.82 Å². The van der Waals surface area contributed by atoms with Gasteiger partial charge in [-0.25, -0.2) is 4.39 Å². The van der Waals surface area contributed by atoms with Crippen LogP contribution in [0.2, 0.25) is 0 Å². The van der Waals surface area contributed by atoms with Gasteiger partial charge in [0.15, 0.2) is 11.6 Å². The van der Waals surface area contributed by atoms with Crippen LogP contribution >= 0.6 is 0 Å². The van der Waals surface area contributed by atoms with Crippen LogP contribution in [0, 0.1) is 5.82 Å². The van der Waals surface area contributed by atoms with Gasteiger partial charge in [-0.05, 0) is 22.6 Å². The van der Waals surface area contributed by atoms with E-state index in [0.29, 0.717) is 11.5 Å². The number of rotatable bonds is 2. The Bertz CT molecular complexity index is 485. The monoisotopic (exact) mass is 221 g/mol. The van der Waals surface area contributed by atoms with Crippen molar-refractivity contribution in [3.63, 3.8) is 0 Å². The van der Waals surface area contributed by atoms with Gasteiger partial charge in [0.05, 0.1) is 5.69 Å². The Hall–Kier alpha value is -1.98. The van der Waals surface area contributed by atoms with E-state index in [-0.39, 0.29) is 11.6 Å². The van der Waals surface area contributed by atoms with Gasteiger partial charge >= 0.3 is 0 Å². The van der Waals surface area contributed by atoms with Crippen molar-refractivity contribution in [3.8, 4) is 5.69 Å². The van der Waals surface area contributed by atoms with Gasteiger partial charge in [-0.1, -0.05) is 19.9 Å². The second kappa shape index (κ2) is 3.88. The van der Waals surface area contributed by atoms with Gasteiger partial charge in [0.25, 0.3) is 0 Å². The van der Waals surface area contributed by atoms with E-state index in [1.165, 1.54) is 10.7 Å². The van der Waals surface area contributed by atoms with Crippen LogP contribution in [0.3, 0.4) is 0 Å². The molecule has 84 valence electrons. The fourth-order valence-electron chi connectivity index (χ4n) is 1.47. The maximum absolute atomic E-state index is 13.7. The Morgan fingerprint density at radius 2 is 2.12 bits per heavy atom. The maximum atomic E-state index is 13.7. The molecule has 1 aromatic carbocycles. The number of nitrogen functional groups attached to an aromatic ring is 1. The largest absolute Gasteiger partial charge is 0.397 e. The Labute approximate surface area is 92.1 Å². The predicted octanol–water partition coefficient (Wildman–Crippen LogP) is 1.51. The molecular weight excluding hydrogens is 209 g/mol. The molecule has 2 N–H and O–H groups in total. The van der Waals surface area contributed by atoms with E-state index in [9.17, 15) is 4.39 Å². The molecule has 1 aromatic heterocycles. The molecule has 0 aliphatic carbocycles. The molecule has 0 fully saturated rings. The number of nitrogens with two attached hydrogens (primary N) is 1. The number of hydrogen-bond acceptors (Lipinski definition) is 4. The normalized spacial score (nSPS) is 11.0. The minimum Gasteiger partial charge on any atom is -0.397 e. The van der Waals surface area contributed by atoms with Crippen LogP contribution in [0.15, 0.2) is 18.2 Å². The molecule has 0 bridgehead atoms. The number of nitrogens with zero attached hydrogens (tertiary/aromatic N) is 4. The summed E-state index contributed by atoms with van der Waals surface area (Å²) >= 11 is 0. The third-order valence-electron chi connectivity index (χ3n) is 2.24. The van der Waals surface area contributed by atoms with Crippen LogP contribution in [0.25, 0.3) is 5.69 Å². The molecule has 6 heteroatoms. The summed E-state index contributed by atoms with van der Waals surface area (Å²) in [7, 11) is 0. The highest BCUT2D eigenvalue weighted by Crippen LogP contribution is 2.22. The summed E-state index contributed by atoms with van der Waals surface area (Å²) in [4.78, 5) is 0. The smallest absolute Gasteiger partial charge is 0.159 e. The predicted molar refractivity (Wildman–Crippen MR) is 57.6 cm³/mol. The summed E-state index contributed by atoms with van der Waals surface area (Å²) in [5, 5.41) is 11.2. The first-order chi connectivity index (χ1) is 7.61. The van der Waals surface area contributed by atoms with Gasteiger partial charge in [-0.2, -0.15) is 4.68 Å². The summed E-state index contributed by atoms with van der Waals surface area (Å²) in [5.41, 5.74) is 6.24. The van der Waals surface area contributed by atoms with Crippen molar-refractivity contribution in [1.29, 1.82) is 0 Å². The Morgan fingerprint density at radius 3 is 2.75 bits per heavy atom. The SMILES string of the molecule is CC(C)c1nnnn1-c1c(N)cccc1F. The number of benzene rings is 1. The molecule has 0 amide bonds. The van der Waals surface area contributed by atoms with Gasteiger partial charge in [0.2, 0.25) is 0 Å². The first kappa shape index (κ1) is 10.5. The zero-order valence-corrected chi connectivity index (χ0v) is 9.05. The third kappa shape index (κ3) is 1.62. The van der Waals surface area contributed by atoms with E-state index in [4.69, 9.17) is 5.73 Å². The average Bonchev–Trinajstić information content (AvgIpc) is 2.66. The van der Waals surface area contributed by atoms with Gasteiger partial charge in [0.1, 0.15) is 5.69 Å². The molecule has 1 heterocycles. The summed E-state index contributed by atoms with van der Waals surface area (Å²) in [6.45, 7) is 3.86. The second-order valence-corrected chi connectivity index (χ2v) is 3.78. The molecule has 0 aliphatic rings. The number of halogens is 1. The topological polar surface area (TPSA) is 69.6 Å². The summed E-state index contributed by atoms with van der Waals surface area (Å²) in [5.74, 6) is 0.236. The van der Waals surface area contributed by atoms with Crippen LogP contribution in [-0.4, -0.2) is 20.2 Å². The molecule has 0 saturated carbocycles. The molecule has 0 unspecified atom stereocenters. The quantitative estimate of drug-likeness (QED) is 0.780. The highest BCUT2D eigenvalue weighted by atomic mass is 19.1. The molecule has 2 rings (SSSR count). The fourth-order valence-corrected chi connectivity index (χ4v) is 1.47. The standard InChI is InChI=1S/C10H12FN5/c1-6(2)10-13-14-15-16(10)9-7(11)4-3-5-8(9)12/h3-6H,12H2,1-2H3. The fraction of sp³-hybridized carbons (Fsp3) is 0.300. The zero-order chi connectivity index (χ0) is 11.7. The Morgan fingerprint density at radius 1 is 1.38 bits per heavy atom. The molecule has 0 saturated heterocycles. The number of anilines is 1.